The minimum absolute atomic E-state index is 0.124. The van der Waals surface area contributed by atoms with Crippen LogP contribution in [0.5, 0.6) is 0 Å². The molecule has 0 aliphatic heterocycles. The summed E-state index contributed by atoms with van der Waals surface area (Å²) in [6, 6.07) is 3.68. The number of halogens is 1. The summed E-state index contributed by atoms with van der Waals surface area (Å²) in [5.74, 6) is -0.149. The molecule has 2 rings (SSSR count). The van der Waals surface area contributed by atoms with Crippen molar-refractivity contribution in [3.05, 3.63) is 40.2 Å². The van der Waals surface area contributed by atoms with Crippen molar-refractivity contribution < 1.29 is 4.39 Å². The van der Waals surface area contributed by atoms with Crippen molar-refractivity contribution in [3.63, 3.8) is 0 Å². The molecule has 0 amide bonds. The number of aryl methyl sites for hydroxylation is 2. The summed E-state index contributed by atoms with van der Waals surface area (Å²) < 4.78 is 14.9. The standard InChI is InChI=1S/C15H19FN2S2/c1-5-17-11(4)12-7-13(16)9(2)6-14(12)20-15-18-10(3)8-19-15/h6-8,11,17H,5H2,1-4H3. The Labute approximate surface area is 127 Å². The second-order valence-corrected chi connectivity index (χ2v) is 6.92. The predicted octanol–water partition coefficient (Wildman–Crippen LogP) is 4.72. The maximum atomic E-state index is 13.9. The Morgan fingerprint density at radius 2 is 2.15 bits per heavy atom. The minimum Gasteiger partial charge on any atom is -0.310 e. The molecule has 0 aliphatic rings. The smallest absolute Gasteiger partial charge is 0.154 e. The molecular formula is C15H19FN2S2. The first-order chi connectivity index (χ1) is 9.51. The van der Waals surface area contributed by atoms with Gasteiger partial charge in [0.05, 0.1) is 0 Å². The quantitative estimate of drug-likeness (QED) is 0.865. The number of hydrogen-bond donors (Lipinski definition) is 1. The lowest BCUT2D eigenvalue weighted by Crippen LogP contribution is -2.18. The zero-order chi connectivity index (χ0) is 14.7. The van der Waals surface area contributed by atoms with E-state index in [1.165, 1.54) is 0 Å². The molecule has 0 fully saturated rings. The van der Waals surface area contributed by atoms with Gasteiger partial charge in [-0.2, -0.15) is 0 Å². The van der Waals surface area contributed by atoms with Gasteiger partial charge in [0.2, 0.25) is 0 Å². The van der Waals surface area contributed by atoms with E-state index in [1.807, 2.05) is 18.4 Å². The number of aromatic nitrogens is 1. The highest BCUT2D eigenvalue weighted by molar-refractivity contribution is 8.01. The molecule has 0 saturated heterocycles. The first-order valence-electron chi connectivity index (χ1n) is 6.64. The fourth-order valence-electron chi connectivity index (χ4n) is 1.99. The summed E-state index contributed by atoms with van der Waals surface area (Å²) in [4.78, 5) is 5.55. The molecule has 0 aliphatic carbocycles. The Hall–Kier alpha value is -0.910. The third-order valence-corrected chi connectivity index (χ3v) is 5.19. The van der Waals surface area contributed by atoms with Gasteiger partial charge in [-0.05, 0) is 50.6 Å². The summed E-state index contributed by atoms with van der Waals surface area (Å²) in [5, 5.41) is 5.38. The fourth-order valence-corrected chi connectivity index (χ4v) is 4.08. The van der Waals surface area contributed by atoms with Gasteiger partial charge >= 0.3 is 0 Å². The Morgan fingerprint density at radius 3 is 2.75 bits per heavy atom. The van der Waals surface area contributed by atoms with Crippen molar-refractivity contribution in [2.45, 2.75) is 43.0 Å². The third-order valence-electron chi connectivity index (χ3n) is 3.06. The van der Waals surface area contributed by atoms with Gasteiger partial charge in [-0.3, -0.25) is 0 Å². The van der Waals surface area contributed by atoms with Gasteiger partial charge in [0, 0.05) is 22.0 Å². The number of hydrogen-bond acceptors (Lipinski definition) is 4. The van der Waals surface area contributed by atoms with Gasteiger partial charge in [-0.1, -0.05) is 18.7 Å². The highest BCUT2D eigenvalue weighted by atomic mass is 32.2. The molecule has 20 heavy (non-hydrogen) atoms. The average molecular weight is 310 g/mol. The van der Waals surface area contributed by atoms with E-state index in [4.69, 9.17) is 0 Å². The molecule has 0 radical (unpaired) electrons. The molecular weight excluding hydrogens is 291 g/mol. The van der Waals surface area contributed by atoms with E-state index in [-0.39, 0.29) is 11.9 Å². The van der Waals surface area contributed by atoms with Gasteiger partial charge in [0.15, 0.2) is 4.34 Å². The maximum absolute atomic E-state index is 13.9. The molecule has 0 bridgehead atoms. The first-order valence-corrected chi connectivity index (χ1v) is 8.34. The molecule has 2 aromatic rings. The van der Waals surface area contributed by atoms with Crippen molar-refractivity contribution in [2.24, 2.45) is 0 Å². The maximum Gasteiger partial charge on any atom is 0.154 e. The van der Waals surface area contributed by atoms with Crippen molar-refractivity contribution in [1.82, 2.24) is 10.3 Å². The summed E-state index contributed by atoms with van der Waals surface area (Å²) in [7, 11) is 0. The van der Waals surface area contributed by atoms with Crippen LogP contribution in [0.2, 0.25) is 0 Å². The second-order valence-electron chi connectivity index (χ2n) is 4.78. The lowest BCUT2D eigenvalue weighted by molar-refractivity contribution is 0.571. The van der Waals surface area contributed by atoms with E-state index in [2.05, 4.69) is 24.1 Å². The van der Waals surface area contributed by atoms with Crippen LogP contribution in [-0.4, -0.2) is 11.5 Å². The van der Waals surface area contributed by atoms with Crippen LogP contribution in [0, 0.1) is 19.7 Å². The Morgan fingerprint density at radius 1 is 1.40 bits per heavy atom. The number of nitrogens with one attached hydrogen (secondary N) is 1. The van der Waals surface area contributed by atoms with Crippen molar-refractivity contribution in [3.8, 4) is 0 Å². The molecule has 2 nitrogen and oxygen atoms in total. The van der Waals surface area contributed by atoms with Crippen molar-refractivity contribution in [1.29, 1.82) is 0 Å². The van der Waals surface area contributed by atoms with Crippen LogP contribution in [0.15, 0.2) is 26.7 Å². The molecule has 1 heterocycles. The summed E-state index contributed by atoms with van der Waals surface area (Å²) >= 11 is 3.24. The lowest BCUT2D eigenvalue weighted by Gasteiger charge is -2.17. The number of nitrogens with zero attached hydrogens (tertiary/aromatic N) is 1. The van der Waals surface area contributed by atoms with Crippen LogP contribution in [0.1, 0.15) is 36.7 Å². The highest BCUT2D eigenvalue weighted by Gasteiger charge is 2.15. The molecule has 1 aromatic carbocycles. The zero-order valence-electron chi connectivity index (χ0n) is 12.2. The van der Waals surface area contributed by atoms with Crippen LogP contribution in [0.4, 0.5) is 4.39 Å². The Bertz CT molecular complexity index is 596. The van der Waals surface area contributed by atoms with Gasteiger partial charge < -0.3 is 5.32 Å². The van der Waals surface area contributed by atoms with Gasteiger partial charge in [-0.15, -0.1) is 11.3 Å². The molecule has 1 atom stereocenters. The SMILES string of the molecule is CCNC(C)c1cc(F)c(C)cc1Sc1nc(C)cs1. The molecule has 1 N–H and O–H groups in total. The van der Waals surface area contributed by atoms with E-state index < -0.39 is 0 Å². The van der Waals surface area contributed by atoms with E-state index in [0.717, 1.165) is 27.0 Å². The monoisotopic (exact) mass is 310 g/mol. The van der Waals surface area contributed by atoms with E-state index in [0.29, 0.717) is 5.56 Å². The van der Waals surface area contributed by atoms with Gasteiger partial charge in [0.25, 0.3) is 0 Å². The van der Waals surface area contributed by atoms with Crippen LogP contribution in [0.3, 0.4) is 0 Å². The average Bonchev–Trinajstić information content (AvgIpc) is 2.79. The zero-order valence-corrected chi connectivity index (χ0v) is 13.8. The molecule has 5 heteroatoms. The van der Waals surface area contributed by atoms with E-state index in [9.17, 15) is 4.39 Å². The Balaban J connectivity index is 2.36. The molecule has 1 aromatic heterocycles. The number of rotatable bonds is 5. The molecule has 0 spiro atoms. The van der Waals surface area contributed by atoms with Gasteiger partial charge in [0.1, 0.15) is 5.82 Å². The summed E-state index contributed by atoms with van der Waals surface area (Å²) in [6.45, 7) is 8.76. The predicted molar refractivity (Wildman–Crippen MR) is 84.2 cm³/mol. The Kier molecular flexibility index (Phi) is 5.18. The lowest BCUT2D eigenvalue weighted by atomic mass is 10.1. The van der Waals surface area contributed by atoms with Crippen molar-refractivity contribution >= 4 is 23.1 Å². The van der Waals surface area contributed by atoms with E-state index in [1.54, 1.807) is 36.1 Å². The molecule has 1 unspecified atom stereocenters. The van der Waals surface area contributed by atoms with Crippen molar-refractivity contribution in [2.75, 3.05) is 6.54 Å². The number of benzene rings is 1. The third kappa shape index (κ3) is 3.59. The first kappa shape index (κ1) is 15.5. The minimum atomic E-state index is -0.149. The molecule has 0 saturated carbocycles. The fraction of sp³-hybridized carbons (Fsp3) is 0.400. The normalized spacial score (nSPS) is 12.7. The number of thiazole rings is 1. The van der Waals surface area contributed by atoms with Crippen LogP contribution in [-0.2, 0) is 0 Å². The summed E-state index contributed by atoms with van der Waals surface area (Å²) in [6.07, 6.45) is 0. The van der Waals surface area contributed by atoms with Crippen LogP contribution < -0.4 is 5.32 Å². The largest absolute Gasteiger partial charge is 0.310 e. The summed E-state index contributed by atoms with van der Waals surface area (Å²) in [5.41, 5.74) is 2.69. The van der Waals surface area contributed by atoms with E-state index >= 15 is 0 Å². The highest BCUT2D eigenvalue weighted by Crippen LogP contribution is 2.36. The van der Waals surface area contributed by atoms with Crippen LogP contribution >= 0.6 is 23.1 Å². The van der Waals surface area contributed by atoms with Gasteiger partial charge in [-0.25, -0.2) is 9.37 Å². The second kappa shape index (κ2) is 6.70. The van der Waals surface area contributed by atoms with Crippen LogP contribution in [0.25, 0.3) is 0 Å². The topological polar surface area (TPSA) is 24.9 Å². The molecule has 108 valence electrons.